The normalized spacial score (nSPS) is 9.71. The number of carbonyl (C=O) groups is 1. The van der Waals surface area contributed by atoms with Crippen molar-refractivity contribution < 1.29 is 51.1 Å². The van der Waals surface area contributed by atoms with Crippen LogP contribution in [0.3, 0.4) is 0 Å². The topological polar surface area (TPSA) is 77.8 Å². The van der Waals surface area contributed by atoms with Crippen molar-refractivity contribution in [2.45, 2.75) is 0 Å². The summed E-state index contributed by atoms with van der Waals surface area (Å²) in [4.78, 5) is 10.1. The van der Waals surface area contributed by atoms with Crippen LogP contribution >= 0.6 is 0 Å². The molecule has 0 aliphatic rings. The first-order valence-electron chi connectivity index (χ1n) is 3.52. The van der Waals surface area contributed by atoms with Gasteiger partial charge in [0.15, 0.2) is 11.5 Å². The van der Waals surface area contributed by atoms with Gasteiger partial charge in [-0.15, -0.1) is 0 Å². The zero-order valence-corrected chi connectivity index (χ0v) is 9.64. The molecule has 0 unspecified atom stereocenters. The third-order valence-corrected chi connectivity index (χ3v) is 1.42. The van der Waals surface area contributed by atoms with Crippen LogP contribution in [0.5, 0.6) is 11.5 Å². The van der Waals surface area contributed by atoms with Crippen LogP contribution < -0.4 is 29.6 Å². The molecule has 0 aliphatic heterocycles. The minimum absolute atomic E-state index is 0. The standard InChI is InChI=1S/C9H8O4.Na.H/c10-7-3-1-6(5-8(7)11)2-4-9(12)13;;/h1-5,10-11H,(H,12,13);;/q;+1;-1. The van der Waals surface area contributed by atoms with Gasteiger partial charge in [-0.25, -0.2) is 4.79 Å². The fourth-order valence-corrected chi connectivity index (χ4v) is 0.812. The molecule has 0 aliphatic carbocycles. The van der Waals surface area contributed by atoms with Crippen molar-refractivity contribution in [1.82, 2.24) is 0 Å². The number of hydrogen-bond acceptors (Lipinski definition) is 3. The SMILES string of the molecule is O=C(O)C=Cc1ccc(O)c(O)c1.[H-].[Na+]. The van der Waals surface area contributed by atoms with Gasteiger partial charge in [0.2, 0.25) is 0 Å². The monoisotopic (exact) mass is 204 g/mol. The summed E-state index contributed by atoms with van der Waals surface area (Å²) in [5, 5.41) is 26.3. The predicted octanol–water partition coefficient (Wildman–Crippen LogP) is -1.69. The first-order valence-corrected chi connectivity index (χ1v) is 3.52. The van der Waals surface area contributed by atoms with Gasteiger partial charge in [-0.1, -0.05) is 6.07 Å². The summed E-state index contributed by atoms with van der Waals surface area (Å²) in [5.41, 5.74) is 0.512. The second kappa shape index (κ2) is 5.70. The molecule has 1 aromatic rings. The molecule has 1 rings (SSSR count). The fraction of sp³-hybridized carbons (Fsp3) is 0. The molecule has 0 aromatic heterocycles. The zero-order chi connectivity index (χ0) is 9.84. The number of carboxylic acids is 1. The van der Waals surface area contributed by atoms with E-state index in [1.54, 1.807) is 0 Å². The summed E-state index contributed by atoms with van der Waals surface area (Å²) in [6, 6.07) is 4.06. The van der Waals surface area contributed by atoms with E-state index in [9.17, 15) is 4.79 Å². The molecule has 0 spiro atoms. The van der Waals surface area contributed by atoms with Crippen molar-refractivity contribution in [2.75, 3.05) is 0 Å². The number of carboxylic acid groups (broad SMARTS) is 1. The molecule has 3 N–H and O–H groups in total. The van der Waals surface area contributed by atoms with Crippen LogP contribution in [-0.4, -0.2) is 21.3 Å². The largest absolute Gasteiger partial charge is 1.00 e. The zero-order valence-electron chi connectivity index (χ0n) is 8.64. The molecule has 0 saturated carbocycles. The second-order valence-corrected chi connectivity index (χ2v) is 2.42. The van der Waals surface area contributed by atoms with Crippen molar-refractivity contribution >= 4 is 12.0 Å². The third kappa shape index (κ3) is 3.83. The van der Waals surface area contributed by atoms with Crippen molar-refractivity contribution in [3.8, 4) is 11.5 Å². The second-order valence-electron chi connectivity index (χ2n) is 2.42. The van der Waals surface area contributed by atoms with Crippen molar-refractivity contribution in [3.05, 3.63) is 29.8 Å². The first kappa shape index (κ1) is 13.0. The maximum atomic E-state index is 10.1. The quantitative estimate of drug-likeness (QED) is 0.305. The summed E-state index contributed by atoms with van der Waals surface area (Å²) >= 11 is 0. The molecule has 0 heterocycles. The van der Waals surface area contributed by atoms with E-state index in [2.05, 4.69) is 0 Å². The van der Waals surface area contributed by atoms with E-state index >= 15 is 0 Å². The first-order chi connectivity index (χ1) is 6.09. The number of phenols is 2. The molecule has 0 amide bonds. The number of aliphatic carboxylic acids is 1. The Labute approximate surface area is 104 Å². The summed E-state index contributed by atoms with van der Waals surface area (Å²) < 4.78 is 0. The fourth-order valence-electron chi connectivity index (χ4n) is 0.812. The minimum Gasteiger partial charge on any atom is -1.00 e. The van der Waals surface area contributed by atoms with Crippen LogP contribution in [-0.2, 0) is 4.79 Å². The van der Waals surface area contributed by atoms with Gasteiger partial charge in [0.1, 0.15) is 0 Å². The summed E-state index contributed by atoms with van der Waals surface area (Å²) in [6.07, 6.45) is 2.27. The molecule has 70 valence electrons. The molecule has 0 atom stereocenters. The minimum atomic E-state index is -1.06. The molecule has 14 heavy (non-hydrogen) atoms. The van der Waals surface area contributed by atoms with Crippen LogP contribution in [0.25, 0.3) is 6.08 Å². The number of hydrogen-bond donors (Lipinski definition) is 3. The van der Waals surface area contributed by atoms with Crippen LogP contribution in [0.4, 0.5) is 0 Å². The van der Waals surface area contributed by atoms with E-state index in [0.29, 0.717) is 5.56 Å². The number of phenolic OH excluding ortho intramolecular Hbond substituents is 2. The molecular weight excluding hydrogens is 195 g/mol. The van der Waals surface area contributed by atoms with Crippen LogP contribution in [0.1, 0.15) is 6.99 Å². The molecule has 1 aromatic carbocycles. The Bertz CT molecular complexity index is 365. The van der Waals surface area contributed by atoms with Crippen LogP contribution in [0.15, 0.2) is 24.3 Å². The van der Waals surface area contributed by atoms with Crippen LogP contribution in [0.2, 0.25) is 0 Å². The maximum absolute atomic E-state index is 10.1. The van der Waals surface area contributed by atoms with Crippen LogP contribution in [0, 0.1) is 0 Å². The molecule has 0 bridgehead atoms. The molecule has 0 radical (unpaired) electrons. The van der Waals surface area contributed by atoms with Gasteiger partial charge in [-0.3, -0.25) is 0 Å². The number of benzene rings is 1. The molecule has 5 heteroatoms. The Hall–Kier alpha value is -0.970. The van der Waals surface area contributed by atoms with Gasteiger partial charge in [-0.05, 0) is 23.8 Å². The van der Waals surface area contributed by atoms with Gasteiger partial charge in [0.25, 0.3) is 0 Å². The molecular formula is C9H9NaO4. The Morgan fingerprint density at radius 2 is 1.93 bits per heavy atom. The van der Waals surface area contributed by atoms with Gasteiger partial charge in [-0.2, -0.15) is 0 Å². The summed E-state index contributed by atoms with van der Waals surface area (Å²) in [6.45, 7) is 0. The van der Waals surface area contributed by atoms with Gasteiger partial charge in [0, 0.05) is 6.08 Å². The number of aromatic hydroxyl groups is 2. The van der Waals surface area contributed by atoms with E-state index < -0.39 is 5.97 Å². The third-order valence-electron chi connectivity index (χ3n) is 1.42. The van der Waals surface area contributed by atoms with Crippen molar-refractivity contribution in [3.63, 3.8) is 0 Å². The van der Waals surface area contributed by atoms with E-state index in [-0.39, 0.29) is 42.5 Å². The Morgan fingerprint density at radius 1 is 1.29 bits per heavy atom. The van der Waals surface area contributed by atoms with E-state index in [1.165, 1.54) is 24.3 Å². The van der Waals surface area contributed by atoms with Crippen molar-refractivity contribution in [2.24, 2.45) is 0 Å². The van der Waals surface area contributed by atoms with Gasteiger partial charge >= 0.3 is 35.5 Å². The number of rotatable bonds is 2. The van der Waals surface area contributed by atoms with Crippen molar-refractivity contribution in [1.29, 1.82) is 0 Å². The van der Waals surface area contributed by atoms with E-state index in [1.807, 2.05) is 0 Å². The Balaban J connectivity index is 0. The molecule has 4 nitrogen and oxygen atoms in total. The predicted molar refractivity (Wildman–Crippen MR) is 47.6 cm³/mol. The van der Waals surface area contributed by atoms with Gasteiger partial charge in [0.05, 0.1) is 0 Å². The molecule has 0 saturated heterocycles. The van der Waals surface area contributed by atoms with E-state index in [4.69, 9.17) is 15.3 Å². The Kier molecular flexibility index (Phi) is 5.30. The maximum Gasteiger partial charge on any atom is 1.00 e. The average Bonchev–Trinajstić information content (AvgIpc) is 2.07. The van der Waals surface area contributed by atoms with Gasteiger partial charge < -0.3 is 16.7 Å². The average molecular weight is 204 g/mol. The smallest absolute Gasteiger partial charge is 1.00 e. The Morgan fingerprint density at radius 3 is 2.43 bits per heavy atom. The summed E-state index contributed by atoms with van der Waals surface area (Å²) in [7, 11) is 0. The summed E-state index contributed by atoms with van der Waals surface area (Å²) in [5.74, 6) is -1.56. The van der Waals surface area contributed by atoms with E-state index in [0.717, 1.165) is 6.08 Å². The molecule has 0 fully saturated rings.